The summed E-state index contributed by atoms with van der Waals surface area (Å²) in [7, 11) is 1.58. The highest BCUT2D eigenvalue weighted by atomic mass is 16.5. The molecule has 2 aromatic rings. The van der Waals surface area contributed by atoms with E-state index < -0.39 is 0 Å². The molecule has 2 amide bonds. The number of carbonyl (C=O) groups is 2. The molecule has 2 aliphatic rings. The molecule has 1 aromatic heterocycles. The predicted molar refractivity (Wildman–Crippen MR) is 108 cm³/mol. The summed E-state index contributed by atoms with van der Waals surface area (Å²) in [6, 6.07) is 7.15. The molecule has 8 nitrogen and oxygen atoms in total. The molecule has 0 aliphatic carbocycles. The van der Waals surface area contributed by atoms with E-state index in [0.29, 0.717) is 23.9 Å². The summed E-state index contributed by atoms with van der Waals surface area (Å²) in [5.41, 5.74) is 0.217. The van der Waals surface area contributed by atoms with Crippen LogP contribution in [0, 0.1) is 0 Å². The molecular weight excluding hydrogens is 372 g/mol. The van der Waals surface area contributed by atoms with E-state index in [4.69, 9.17) is 4.74 Å². The number of methoxy groups -OCH3 is 1. The molecule has 2 fully saturated rings. The monoisotopic (exact) mass is 398 g/mol. The maximum absolute atomic E-state index is 13.3. The minimum absolute atomic E-state index is 0.0183. The van der Waals surface area contributed by atoms with E-state index in [-0.39, 0.29) is 41.3 Å². The number of carbonyl (C=O) groups excluding carboxylic acids is 2. The SMILES string of the molecule is COCCC(=O)NC1C[C@H]2CCC[C@@H](C1)N2C(=O)c1nc2ccccc2c(=O)[nH]1. The van der Waals surface area contributed by atoms with E-state index in [1.165, 1.54) is 0 Å². The maximum Gasteiger partial charge on any atom is 0.290 e. The smallest absolute Gasteiger partial charge is 0.290 e. The van der Waals surface area contributed by atoms with Gasteiger partial charge in [-0.15, -0.1) is 0 Å². The van der Waals surface area contributed by atoms with E-state index >= 15 is 0 Å². The van der Waals surface area contributed by atoms with Crippen LogP contribution in [-0.4, -0.2) is 58.5 Å². The molecule has 1 aromatic carbocycles. The molecule has 2 N–H and O–H groups in total. The number of aromatic nitrogens is 2. The fraction of sp³-hybridized carbons (Fsp3) is 0.524. The van der Waals surface area contributed by atoms with Gasteiger partial charge in [-0.1, -0.05) is 12.1 Å². The number of hydrogen-bond donors (Lipinski definition) is 2. The molecule has 2 aliphatic heterocycles. The zero-order valence-corrected chi connectivity index (χ0v) is 16.5. The van der Waals surface area contributed by atoms with Gasteiger partial charge in [0.05, 0.1) is 17.5 Å². The largest absolute Gasteiger partial charge is 0.384 e. The topological polar surface area (TPSA) is 104 Å². The molecule has 3 atom stereocenters. The Balaban J connectivity index is 1.53. The van der Waals surface area contributed by atoms with Crippen molar-refractivity contribution in [1.82, 2.24) is 20.2 Å². The van der Waals surface area contributed by atoms with Crippen LogP contribution in [0.2, 0.25) is 0 Å². The number of nitrogens with zero attached hydrogens (tertiary/aromatic N) is 2. The predicted octanol–water partition coefficient (Wildman–Crippen LogP) is 1.60. The van der Waals surface area contributed by atoms with Crippen molar-refractivity contribution in [2.45, 2.75) is 56.7 Å². The lowest BCUT2D eigenvalue weighted by atomic mass is 9.81. The number of ether oxygens (including phenoxy) is 1. The first-order valence-electron chi connectivity index (χ1n) is 10.2. The van der Waals surface area contributed by atoms with Crippen molar-refractivity contribution in [3.8, 4) is 0 Å². The summed E-state index contributed by atoms with van der Waals surface area (Å²) in [6.07, 6.45) is 4.63. The summed E-state index contributed by atoms with van der Waals surface area (Å²) >= 11 is 0. The van der Waals surface area contributed by atoms with E-state index in [9.17, 15) is 14.4 Å². The third-order valence-corrected chi connectivity index (χ3v) is 5.92. The Bertz CT molecular complexity index is 959. The van der Waals surface area contributed by atoms with Gasteiger partial charge in [0.2, 0.25) is 5.91 Å². The number of nitrogens with one attached hydrogen (secondary N) is 2. The minimum Gasteiger partial charge on any atom is -0.384 e. The molecule has 2 saturated heterocycles. The molecule has 0 saturated carbocycles. The van der Waals surface area contributed by atoms with Crippen LogP contribution in [0.5, 0.6) is 0 Å². The number of rotatable bonds is 5. The first-order chi connectivity index (χ1) is 14.1. The summed E-state index contributed by atoms with van der Waals surface area (Å²) in [6.45, 7) is 0.400. The zero-order valence-electron chi connectivity index (χ0n) is 16.5. The minimum atomic E-state index is -0.301. The molecule has 4 rings (SSSR count). The molecule has 2 bridgehead atoms. The van der Waals surface area contributed by atoms with Crippen LogP contribution < -0.4 is 10.9 Å². The average molecular weight is 398 g/mol. The van der Waals surface area contributed by atoms with Crippen molar-refractivity contribution in [1.29, 1.82) is 0 Å². The molecular formula is C21H26N4O4. The average Bonchev–Trinajstić information content (AvgIpc) is 2.71. The van der Waals surface area contributed by atoms with Gasteiger partial charge < -0.3 is 19.9 Å². The second kappa shape index (κ2) is 8.32. The molecule has 8 heteroatoms. The van der Waals surface area contributed by atoms with E-state index in [2.05, 4.69) is 15.3 Å². The lowest BCUT2D eigenvalue weighted by Gasteiger charge is -2.48. The second-order valence-electron chi connectivity index (χ2n) is 7.86. The lowest BCUT2D eigenvalue weighted by molar-refractivity contribution is -0.123. The number of amides is 2. The Labute approximate surface area is 168 Å². The fourth-order valence-corrected chi connectivity index (χ4v) is 4.64. The van der Waals surface area contributed by atoms with Crippen LogP contribution >= 0.6 is 0 Å². The van der Waals surface area contributed by atoms with E-state index in [1.54, 1.807) is 31.4 Å². The molecule has 29 heavy (non-hydrogen) atoms. The highest BCUT2D eigenvalue weighted by molar-refractivity contribution is 5.93. The van der Waals surface area contributed by atoms with Crippen LogP contribution in [-0.2, 0) is 9.53 Å². The highest BCUT2D eigenvalue weighted by Gasteiger charge is 2.42. The summed E-state index contributed by atoms with van der Waals surface area (Å²) < 4.78 is 4.96. The van der Waals surface area contributed by atoms with Crippen LogP contribution in [0.25, 0.3) is 10.9 Å². The Morgan fingerprint density at radius 3 is 2.69 bits per heavy atom. The van der Waals surface area contributed by atoms with Crippen LogP contribution in [0.15, 0.2) is 29.1 Å². The van der Waals surface area contributed by atoms with Crippen LogP contribution in [0.4, 0.5) is 0 Å². The number of fused-ring (bicyclic) bond motifs is 3. The second-order valence-corrected chi connectivity index (χ2v) is 7.86. The van der Waals surface area contributed by atoms with Gasteiger partial charge in [-0.25, -0.2) is 4.98 Å². The van der Waals surface area contributed by atoms with Gasteiger partial charge in [0, 0.05) is 31.7 Å². The number of hydrogen-bond acceptors (Lipinski definition) is 5. The molecule has 0 radical (unpaired) electrons. The normalized spacial score (nSPS) is 23.8. The van der Waals surface area contributed by atoms with E-state index in [0.717, 1.165) is 32.1 Å². The van der Waals surface area contributed by atoms with Gasteiger partial charge in [0.25, 0.3) is 11.5 Å². The number of benzene rings is 1. The van der Waals surface area contributed by atoms with Crippen molar-refractivity contribution < 1.29 is 14.3 Å². The van der Waals surface area contributed by atoms with Crippen LogP contribution in [0.1, 0.15) is 49.1 Å². The van der Waals surface area contributed by atoms with Gasteiger partial charge >= 0.3 is 0 Å². The lowest BCUT2D eigenvalue weighted by Crippen LogP contribution is -2.59. The summed E-state index contributed by atoms with van der Waals surface area (Å²) in [4.78, 5) is 46.7. The Hall–Kier alpha value is -2.74. The molecule has 154 valence electrons. The van der Waals surface area contributed by atoms with Crippen molar-refractivity contribution in [3.63, 3.8) is 0 Å². The third kappa shape index (κ3) is 4.03. The summed E-state index contributed by atoms with van der Waals surface area (Å²) in [5, 5.41) is 3.56. The maximum atomic E-state index is 13.3. The van der Waals surface area contributed by atoms with Crippen molar-refractivity contribution in [2.75, 3.05) is 13.7 Å². The Kier molecular flexibility index (Phi) is 5.62. The van der Waals surface area contributed by atoms with E-state index in [1.807, 2.05) is 4.90 Å². The fourth-order valence-electron chi connectivity index (χ4n) is 4.64. The molecule has 1 unspecified atom stereocenters. The molecule has 0 spiro atoms. The number of para-hydroxylation sites is 1. The van der Waals surface area contributed by atoms with Gasteiger partial charge in [0.1, 0.15) is 0 Å². The van der Waals surface area contributed by atoms with Gasteiger partial charge in [-0.3, -0.25) is 14.4 Å². The Morgan fingerprint density at radius 1 is 1.24 bits per heavy atom. The van der Waals surface area contributed by atoms with Gasteiger partial charge in [0.15, 0.2) is 5.82 Å². The standard InChI is InChI=1S/C21H26N4O4/c1-29-10-9-18(26)22-13-11-14-5-4-6-15(12-13)25(14)21(28)19-23-17-8-3-2-7-16(17)20(27)24-19/h2-3,7-8,13-15H,4-6,9-12H2,1H3,(H,22,26)(H,23,24,27)/t13?,14-,15+. The first-order valence-corrected chi connectivity index (χ1v) is 10.2. The Morgan fingerprint density at radius 2 is 1.97 bits per heavy atom. The van der Waals surface area contributed by atoms with Crippen molar-refractivity contribution in [2.24, 2.45) is 0 Å². The third-order valence-electron chi connectivity index (χ3n) is 5.92. The highest BCUT2D eigenvalue weighted by Crippen LogP contribution is 2.35. The van der Waals surface area contributed by atoms with Crippen molar-refractivity contribution >= 4 is 22.7 Å². The zero-order chi connectivity index (χ0) is 20.4. The first kappa shape index (κ1) is 19.6. The quantitative estimate of drug-likeness (QED) is 0.796. The van der Waals surface area contributed by atoms with Gasteiger partial charge in [-0.05, 0) is 44.2 Å². The molecule has 3 heterocycles. The summed E-state index contributed by atoms with van der Waals surface area (Å²) in [5.74, 6) is -0.157. The number of H-pyrrole nitrogens is 1. The number of aromatic amines is 1. The van der Waals surface area contributed by atoms with Crippen LogP contribution in [0.3, 0.4) is 0 Å². The van der Waals surface area contributed by atoms with Crippen molar-refractivity contribution in [3.05, 3.63) is 40.4 Å². The van der Waals surface area contributed by atoms with Gasteiger partial charge in [-0.2, -0.15) is 0 Å². The number of piperidine rings is 2.